The third-order valence-electron chi connectivity index (χ3n) is 3.34. The van der Waals surface area contributed by atoms with Gasteiger partial charge in [0.15, 0.2) is 0 Å². The largest absolute Gasteiger partial charge is 0.467 e. The molecule has 1 aliphatic heterocycles. The fourth-order valence-electron chi connectivity index (χ4n) is 1.96. The highest BCUT2D eigenvalue weighted by Gasteiger charge is 2.30. The fourth-order valence-corrected chi connectivity index (χ4v) is 1.96. The van der Waals surface area contributed by atoms with Gasteiger partial charge in [-0.3, -0.25) is 4.79 Å². The minimum absolute atomic E-state index is 0.0767. The summed E-state index contributed by atoms with van der Waals surface area (Å²) < 4.78 is 4.72. The van der Waals surface area contributed by atoms with Gasteiger partial charge in [0.1, 0.15) is 6.04 Å². The number of carbonyl (C=O) groups excluding carboxylic acids is 2. The molecule has 0 aromatic heterocycles. The predicted octanol–water partition coefficient (Wildman–Crippen LogP) is 0.442. The summed E-state index contributed by atoms with van der Waals surface area (Å²) >= 11 is 0. The van der Waals surface area contributed by atoms with E-state index in [1.807, 2.05) is 13.8 Å². The van der Waals surface area contributed by atoms with Crippen molar-refractivity contribution in [3.8, 4) is 0 Å². The molecule has 1 amide bonds. The van der Waals surface area contributed by atoms with Crippen LogP contribution in [0.5, 0.6) is 0 Å². The Labute approximate surface area is 102 Å². The lowest BCUT2D eigenvalue weighted by atomic mass is 9.99. The van der Waals surface area contributed by atoms with Crippen molar-refractivity contribution in [1.82, 2.24) is 10.6 Å². The van der Waals surface area contributed by atoms with E-state index in [2.05, 4.69) is 10.6 Å². The molecule has 0 aromatic carbocycles. The molecule has 1 saturated heterocycles. The number of amides is 1. The first-order valence-corrected chi connectivity index (χ1v) is 6.21. The zero-order valence-corrected chi connectivity index (χ0v) is 10.8. The van der Waals surface area contributed by atoms with Crippen molar-refractivity contribution in [2.24, 2.45) is 5.92 Å². The fraction of sp³-hybridized carbons (Fsp3) is 0.833. The predicted molar refractivity (Wildman–Crippen MR) is 64.4 cm³/mol. The molecule has 2 N–H and O–H groups in total. The Kier molecular flexibility index (Phi) is 5.41. The zero-order chi connectivity index (χ0) is 12.8. The summed E-state index contributed by atoms with van der Waals surface area (Å²) in [4.78, 5) is 23.5. The molecule has 3 atom stereocenters. The Morgan fingerprint density at radius 3 is 2.71 bits per heavy atom. The van der Waals surface area contributed by atoms with Gasteiger partial charge in [0, 0.05) is 0 Å². The molecule has 17 heavy (non-hydrogen) atoms. The first-order chi connectivity index (χ1) is 8.10. The minimum Gasteiger partial charge on any atom is -0.467 e. The minimum atomic E-state index is -0.542. The topological polar surface area (TPSA) is 67.4 Å². The second-order valence-electron chi connectivity index (χ2n) is 4.54. The number of methoxy groups -OCH3 is 1. The van der Waals surface area contributed by atoms with Gasteiger partial charge < -0.3 is 15.4 Å². The first-order valence-electron chi connectivity index (χ1n) is 6.21. The van der Waals surface area contributed by atoms with Gasteiger partial charge in [-0.05, 0) is 25.3 Å². The first kappa shape index (κ1) is 14.0. The summed E-state index contributed by atoms with van der Waals surface area (Å²) in [6, 6.07) is -0.703. The van der Waals surface area contributed by atoms with Crippen molar-refractivity contribution >= 4 is 11.9 Å². The second-order valence-corrected chi connectivity index (χ2v) is 4.54. The van der Waals surface area contributed by atoms with Gasteiger partial charge in [-0.25, -0.2) is 4.79 Å². The summed E-state index contributed by atoms with van der Waals surface area (Å²) in [5, 5.41) is 5.90. The average Bonchev–Trinajstić information content (AvgIpc) is 2.87. The summed E-state index contributed by atoms with van der Waals surface area (Å²) in [7, 11) is 1.34. The van der Waals surface area contributed by atoms with Crippen molar-refractivity contribution < 1.29 is 14.3 Å². The number of esters is 1. The Morgan fingerprint density at radius 2 is 2.24 bits per heavy atom. The molecule has 0 spiro atoms. The summed E-state index contributed by atoms with van der Waals surface area (Å²) in [6.45, 7) is 4.79. The van der Waals surface area contributed by atoms with Crippen LogP contribution in [0.25, 0.3) is 0 Å². The van der Waals surface area contributed by atoms with E-state index in [9.17, 15) is 9.59 Å². The molecule has 1 rings (SSSR count). The number of hydrogen-bond acceptors (Lipinski definition) is 4. The van der Waals surface area contributed by atoms with E-state index >= 15 is 0 Å². The van der Waals surface area contributed by atoms with E-state index in [1.54, 1.807) is 0 Å². The normalized spacial score (nSPS) is 22.9. The smallest absolute Gasteiger partial charge is 0.328 e. The SMILES string of the molecule is CC[C@H](C)[C@H](NC(=O)[C@@H]1CCCN1)C(=O)OC. The molecular formula is C12H22N2O3. The number of hydrogen-bond donors (Lipinski definition) is 2. The lowest BCUT2D eigenvalue weighted by molar-refractivity contribution is -0.146. The Balaban J connectivity index is 2.58. The highest BCUT2D eigenvalue weighted by molar-refractivity contribution is 5.87. The zero-order valence-electron chi connectivity index (χ0n) is 10.8. The third-order valence-corrected chi connectivity index (χ3v) is 3.34. The van der Waals surface area contributed by atoms with Crippen molar-refractivity contribution in [3.05, 3.63) is 0 Å². The number of rotatable bonds is 5. The molecule has 1 heterocycles. The van der Waals surface area contributed by atoms with Crippen LogP contribution in [0.15, 0.2) is 0 Å². The summed E-state index contributed by atoms with van der Waals surface area (Å²) in [5.41, 5.74) is 0. The number of ether oxygens (including phenoxy) is 1. The van der Waals surface area contributed by atoms with Crippen LogP contribution in [0, 0.1) is 5.92 Å². The van der Waals surface area contributed by atoms with Crippen LogP contribution in [-0.4, -0.2) is 37.6 Å². The molecule has 0 aliphatic carbocycles. The van der Waals surface area contributed by atoms with E-state index in [-0.39, 0.29) is 23.8 Å². The van der Waals surface area contributed by atoms with Crippen LogP contribution < -0.4 is 10.6 Å². The Hall–Kier alpha value is -1.10. The Morgan fingerprint density at radius 1 is 1.53 bits per heavy atom. The maximum Gasteiger partial charge on any atom is 0.328 e. The Bertz CT molecular complexity index is 275. The highest BCUT2D eigenvalue weighted by atomic mass is 16.5. The van der Waals surface area contributed by atoms with Crippen LogP contribution in [-0.2, 0) is 14.3 Å². The molecule has 98 valence electrons. The standard InChI is InChI=1S/C12H22N2O3/c1-4-8(2)10(12(16)17-3)14-11(15)9-6-5-7-13-9/h8-10,13H,4-7H2,1-3H3,(H,14,15)/t8-,9-,10-/m0/s1. The van der Waals surface area contributed by atoms with Crippen LogP contribution in [0.1, 0.15) is 33.1 Å². The molecule has 0 saturated carbocycles. The maximum absolute atomic E-state index is 11.9. The van der Waals surface area contributed by atoms with Gasteiger partial charge in [-0.1, -0.05) is 20.3 Å². The van der Waals surface area contributed by atoms with Gasteiger partial charge in [0.05, 0.1) is 13.2 Å². The number of carbonyl (C=O) groups is 2. The second kappa shape index (κ2) is 6.59. The van der Waals surface area contributed by atoms with Crippen molar-refractivity contribution in [2.45, 2.75) is 45.2 Å². The van der Waals surface area contributed by atoms with Crippen LogP contribution in [0.4, 0.5) is 0 Å². The van der Waals surface area contributed by atoms with Crippen LogP contribution in [0.3, 0.4) is 0 Å². The van der Waals surface area contributed by atoms with Gasteiger partial charge in [0.2, 0.25) is 5.91 Å². The quantitative estimate of drug-likeness (QED) is 0.687. The molecule has 0 radical (unpaired) electrons. The van der Waals surface area contributed by atoms with E-state index in [4.69, 9.17) is 4.74 Å². The summed E-state index contributed by atoms with van der Waals surface area (Å²) in [6.07, 6.45) is 2.66. The third kappa shape index (κ3) is 3.70. The highest BCUT2D eigenvalue weighted by Crippen LogP contribution is 2.11. The molecule has 0 aromatic rings. The van der Waals surface area contributed by atoms with E-state index in [1.165, 1.54) is 7.11 Å². The maximum atomic E-state index is 11.9. The monoisotopic (exact) mass is 242 g/mol. The molecule has 0 bridgehead atoms. The molecule has 5 nitrogen and oxygen atoms in total. The average molecular weight is 242 g/mol. The molecule has 0 unspecified atom stereocenters. The van der Waals surface area contributed by atoms with Crippen LogP contribution in [0.2, 0.25) is 0 Å². The van der Waals surface area contributed by atoms with Gasteiger partial charge in [0.25, 0.3) is 0 Å². The lowest BCUT2D eigenvalue weighted by Gasteiger charge is -2.23. The van der Waals surface area contributed by atoms with Gasteiger partial charge in [-0.2, -0.15) is 0 Å². The summed E-state index contributed by atoms with van der Waals surface area (Å²) in [5.74, 6) is -0.392. The lowest BCUT2D eigenvalue weighted by Crippen LogP contribution is -2.51. The molecular weight excluding hydrogens is 220 g/mol. The van der Waals surface area contributed by atoms with Crippen molar-refractivity contribution in [1.29, 1.82) is 0 Å². The van der Waals surface area contributed by atoms with Crippen LogP contribution >= 0.6 is 0 Å². The molecule has 5 heteroatoms. The van der Waals surface area contributed by atoms with E-state index in [0.29, 0.717) is 0 Å². The van der Waals surface area contributed by atoms with E-state index < -0.39 is 6.04 Å². The van der Waals surface area contributed by atoms with E-state index in [0.717, 1.165) is 25.8 Å². The van der Waals surface area contributed by atoms with Crippen molar-refractivity contribution in [3.63, 3.8) is 0 Å². The molecule has 1 fully saturated rings. The van der Waals surface area contributed by atoms with Gasteiger partial charge >= 0.3 is 5.97 Å². The van der Waals surface area contributed by atoms with Gasteiger partial charge in [-0.15, -0.1) is 0 Å². The molecule has 1 aliphatic rings. The number of nitrogens with one attached hydrogen (secondary N) is 2. The van der Waals surface area contributed by atoms with Crippen molar-refractivity contribution in [2.75, 3.05) is 13.7 Å².